The number of likely N-dealkylation sites (tertiary alicyclic amines) is 1. The summed E-state index contributed by atoms with van der Waals surface area (Å²) < 4.78 is 0. The van der Waals surface area contributed by atoms with Crippen LogP contribution in [0.4, 0.5) is 4.79 Å². The lowest BCUT2D eigenvalue weighted by atomic mass is 10.2. The Balaban J connectivity index is 2.14. The smallest absolute Gasteiger partial charge is 0.326 e. The van der Waals surface area contributed by atoms with Crippen molar-refractivity contribution in [2.45, 2.75) is 31.5 Å². The molecule has 2 aliphatic heterocycles. The Morgan fingerprint density at radius 3 is 2.68 bits per heavy atom. The van der Waals surface area contributed by atoms with Crippen LogP contribution in [0.1, 0.15) is 13.3 Å². The third kappa shape index (κ3) is 2.48. The zero-order chi connectivity index (χ0) is 14.2. The lowest BCUT2D eigenvalue weighted by molar-refractivity contribution is -0.141. The Morgan fingerprint density at radius 2 is 2.05 bits per heavy atom. The molecule has 19 heavy (non-hydrogen) atoms. The molecule has 106 valence electrons. The number of piperazine rings is 1. The van der Waals surface area contributed by atoms with Crippen molar-refractivity contribution in [1.29, 1.82) is 0 Å². The zero-order valence-corrected chi connectivity index (χ0v) is 10.6. The largest absolute Gasteiger partial charge is 0.480 e. The summed E-state index contributed by atoms with van der Waals surface area (Å²) in [5, 5.41) is 21.2. The summed E-state index contributed by atoms with van der Waals surface area (Å²) in [5.41, 5.74) is 0. The van der Waals surface area contributed by atoms with E-state index in [0.29, 0.717) is 13.1 Å². The number of nitrogens with one attached hydrogen (secondary N) is 1. The van der Waals surface area contributed by atoms with Gasteiger partial charge in [-0.05, 0) is 6.92 Å². The number of carboxylic acid groups (broad SMARTS) is 1. The van der Waals surface area contributed by atoms with Crippen LogP contribution in [0.3, 0.4) is 0 Å². The number of nitrogens with zero attached hydrogens (tertiary/aromatic N) is 2. The summed E-state index contributed by atoms with van der Waals surface area (Å²) in [6, 6.07) is -2.17. The number of amides is 3. The molecule has 2 aliphatic rings. The van der Waals surface area contributed by atoms with Gasteiger partial charge in [0.2, 0.25) is 5.91 Å². The Morgan fingerprint density at radius 1 is 1.37 bits per heavy atom. The topological polar surface area (TPSA) is 110 Å². The quantitative estimate of drug-likeness (QED) is 0.534. The van der Waals surface area contributed by atoms with Crippen molar-refractivity contribution in [3.8, 4) is 0 Å². The highest BCUT2D eigenvalue weighted by atomic mass is 16.4. The lowest BCUT2D eigenvalue weighted by Crippen LogP contribution is -2.60. The number of hydrogen-bond acceptors (Lipinski definition) is 4. The van der Waals surface area contributed by atoms with Gasteiger partial charge in [0, 0.05) is 26.1 Å². The van der Waals surface area contributed by atoms with E-state index >= 15 is 0 Å². The average Bonchev–Trinajstić information content (AvgIpc) is 2.74. The lowest BCUT2D eigenvalue weighted by Gasteiger charge is -2.36. The van der Waals surface area contributed by atoms with Crippen LogP contribution in [0.25, 0.3) is 0 Å². The molecule has 3 amide bonds. The third-order valence-electron chi connectivity index (χ3n) is 3.55. The summed E-state index contributed by atoms with van der Waals surface area (Å²) in [6.45, 7) is 2.27. The number of carboxylic acids is 1. The number of aliphatic carboxylic acids is 1. The van der Waals surface area contributed by atoms with Crippen molar-refractivity contribution < 1.29 is 24.6 Å². The van der Waals surface area contributed by atoms with Crippen molar-refractivity contribution in [2.24, 2.45) is 0 Å². The van der Waals surface area contributed by atoms with Gasteiger partial charge in [0.15, 0.2) is 0 Å². The third-order valence-corrected chi connectivity index (χ3v) is 3.55. The molecule has 3 atom stereocenters. The Labute approximate surface area is 110 Å². The van der Waals surface area contributed by atoms with Crippen LogP contribution in [-0.4, -0.2) is 75.7 Å². The van der Waals surface area contributed by atoms with Gasteiger partial charge in [-0.15, -0.1) is 0 Å². The van der Waals surface area contributed by atoms with Crippen LogP contribution < -0.4 is 5.32 Å². The Hall–Kier alpha value is -1.83. The summed E-state index contributed by atoms with van der Waals surface area (Å²) in [6.07, 6.45) is -0.811. The maximum absolute atomic E-state index is 12.3. The molecule has 0 saturated carbocycles. The first-order valence-corrected chi connectivity index (χ1v) is 6.17. The standard InChI is InChI=1S/C11H17N3O5/c1-6-9(16)12-2-3-13(6)11(19)14-5-7(15)4-8(14)10(17)18/h6-8,15H,2-5H2,1H3,(H,12,16)(H,17,18). The molecule has 0 aromatic heterocycles. The first-order chi connectivity index (χ1) is 8.91. The fourth-order valence-corrected chi connectivity index (χ4v) is 2.47. The summed E-state index contributed by atoms with van der Waals surface area (Å²) >= 11 is 0. The van der Waals surface area contributed by atoms with Crippen LogP contribution in [0.5, 0.6) is 0 Å². The number of rotatable bonds is 1. The second-order valence-corrected chi connectivity index (χ2v) is 4.84. The molecule has 0 aromatic rings. The molecule has 3 unspecified atom stereocenters. The Kier molecular flexibility index (Phi) is 3.61. The number of urea groups is 1. The second-order valence-electron chi connectivity index (χ2n) is 4.84. The van der Waals surface area contributed by atoms with Crippen molar-refractivity contribution in [2.75, 3.05) is 19.6 Å². The molecule has 8 heteroatoms. The van der Waals surface area contributed by atoms with Gasteiger partial charge in [0.25, 0.3) is 0 Å². The normalized spacial score (nSPS) is 31.3. The Bertz CT molecular complexity index is 413. The number of aliphatic hydroxyl groups is 1. The average molecular weight is 271 g/mol. The van der Waals surface area contributed by atoms with Crippen molar-refractivity contribution in [3.05, 3.63) is 0 Å². The molecule has 2 heterocycles. The number of carbonyl (C=O) groups is 3. The minimum absolute atomic E-state index is 0.0133. The van der Waals surface area contributed by atoms with Gasteiger partial charge in [-0.1, -0.05) is 0 Å². The fraction of sp³-hybridized carbons (Fsp3) is 0.727. The van der Waals surface area contributed by atoms with Gasteiger partial charge in [0.05, 0.1) is 6.10 Å². The highest BCUT2D eigenvalue weighted by molar-refractivity contribution is 5.90. The number of carbonyl (C=O) groups excluding carboxylic acids is 2. The van der Waals surface area contributed by atoms with E-state index in [1.165, 1.54) is 4.90 Å². The van der Waals surface area contributed by atoms with Crippen LogP contribution in [-0.2, 0) is 9.59 Å². The molecule has 3 N–H and O–H groups in total. The molecule has 2 fully saturated rings. The van der Waals surface area contributed by atoms with Gasteiger partial charge < -0.3 is 25.3 Å². The van der Waals surface area contributed by atoms with Gasteiger partial charge in [0.1, 0.15) is 12.1 Å². The fourth-order valence-electron chi connectivity index (χ4n) is 2.47. The van der Waals surface area contributed by atoms with E-state index in [1.54, 1.807) is 6.92 Å². The van der Waals surface area contributed by atoms with Gasteiger partial charge in [-0.3, -0.25) is 4.79 Å². The van der Waals surface area contributed by atoms with Gasteiger partial charge >= 0.3 is 12.0 Å². The van der Waals surface area contributed by atoms with E-state index in [0.717, 1.165) is 4.90 Å². The van der Waals surface area contributed by atoms with Gasteiger partial charge in [-0.25, -0.2) is 9.59 Å². The van der Waals surface area contributed by atoms with E-state index in [4.69, 9.17) is 5.11 Å². The minimum Gasteiger partial charge on any atom is -0.480 e. The molecule has 2 rings (SSSR count). The van der Waals surface area contributed by atoms with Crippen LogP contribution >= 0.6 is 0 Å². The number of hydrogen-bond donors (Lipinski definition) is 3. The summed E-state index contributed by atoms with van der Waals surface area (Å²) in [5.74, 6) is -1.40. The molecule has 0 bridgehead atoms. The van der Waals surface area contributed by atoms with E-state index in [2.05, 4.69) is 5.32 Å². The SMILES string of the molecule is CC1C(=O)NCCN1C(=O)N1CC(O)CC1C(=O)O. The predicted octanol–water partition coefficient (Wildman–Crippen LogP) is -1.55. The van der Waals surface area contributed by atoms with Crippen LogP contribution in [0, 0.1) is 0 Å². The molecule has 0 spiro atoms. The molecule has 0 radical (unpaired) electrons. The first-order valence-electron chi connectivity index (χ1n) is 6.17. The zero-order valence-electron chi connectivity index (χ0n) is 10.6. The van der Waals surface area contributed by atoms with Crippen molar-refractivity contribution in [1.82, 2.24) is 15.1 Å². The highest BCUT2D eigenvalue weighted by Crippen LogP contribution is 2.21. The predicted molar refractivity (Wildman–Crippen MR) is 63.3 cm³/mol. The molecule has 0 aromatic carbocycles. The van der Waals surface area contributed by atoms with E-state index in [1.807, 2.05) is 0 Å². The minimum atomic E-state index is -1.14. The van der Waals surface area contributed by atoms with E-state index in [9.17, 15) is 19.5 Å². The van der Waals surface area contributed by atoms with E-state index in [-0.39, 0.29) is 18.9 Å². The number of aliphatic hydroxyl groups excluding tert-OH is 1. The highest BCUT2D eigenvalue weighted by Gasteiger charge is 2.42. The molecule has 8 nitrogen and oxygen atoms in total. The van der Waals surface area contributed by atoms with Crippen LogP contribution in [0.2, 0.25) is 0 Å². The first kappa shape index (κ1) is 13.6. The number of β-amino-alcohol motifs (C(OH)–C–C–N with tert-alkyl or cyclic N) is 1. The maximum atomic E-state index is 12.3. The van der Waals surface area contributed by atoms with Crippen LogP contribution in [0.15, 0.2) is 0 Å². The maximum Gasteiger partial charge on any atom is 0.326 e. The van der Waals surface area contributed by atoms with Crippen molar-refractivity contribution >= 4 is 17.9 Å². The molecule has 2 saturated heterocycles. The summed E-state index contributed by atoms with van der Waals surface area (Å²) in [7, 11) is 0. The summed E-state index contributed by atoms with van der Waals surface area (Å²) in [4.78, 5) is 37.4. The molecular formula is C11H17N3O5. The van der Waals surface area contributed by atoms with Crippen molar-refractivity contribution in [3.63, 3.8) is 0 Å². The van der Waals surface area contributed by atoms with Gasteiger partial charge in [-0.2, -0.15) is 0 Å². The monoisotopic (exact) mass is 271 g/mol. The molecule has 0 aliphatic carbocycles. The second kappa shape index (κ2) is 5.04. The molecular weight excluding hydrogens is 254 g/mol. The van der Waals surface area contributed by atoms with E-state index < -0.39 is 30.2 Å².